The van der Waals surface area contributed by atoms with Crippen LogP contribution in [0.2, 0.25) is 0 Å². The average molecular weight is 365 g/mol. The molecule has 0 saturated carbocycles. The van der Waals surface area contributed by atoms with Crippen molar-refractivity contribution in [3.8, 4) is 5.75 Å². The van der Waals surface area contributed by atoms with Crippen LogP contribution < -0.4 is 10.1 Å². The predicted octanol–water partition coefficient (Wildman–Crippen LogP) is 2.99. The van der Waals surface area contributed by atoms with Crippen molar-refractivity contribution in [1.29, 1.82) is 0 Å². The minimum atomic E-state index is -0.0655. The van der Waals surface area contributed by atoms with Gasteiger partial charge in [0.05, 0.1) is 12.3 Å². The number of pyridine rings is 1. The lowest BCUT2D eigenvalue weighted by Gasteiger charge is -2.10. The average Bonchev–Trinajstić information content (AvgIpc) is 3.35. The summed E-state index contributed by atoms with van der Waals surface area (Å²) in [7, 11) is 0. The Bertz CT molecular complexity index is 927. The number of aromatic nitrogens is 2. The van der Waals surface area contributed by atoms with Gasteiger partial charge >= 0.3 is 0 Å². The standard InChI is InChI=1S/C21H23N3O3/c1-15-3-2-9-24-12-18(23-20(15)24)14-27-19-6-4-17(5-7-19)21(25)22-11-16-8-10-26-13-16/h2-7,9,12,16H,8,10-11,13-14H2,1H3,(H,22,25). The molecular weight excluding hydrogens is 342 g/mol. The molecule has 1 saturated heterocycles. The van der Waals surface area contributed by atoms with Crippen LogP contribution in [0.4, 0.5) is 0 Å². The number of imidazole rings is 1. The highest BCUT2D eigenvalue weighted by Gasteiger charge is 2.16. The Morgan fingerprint density at radius 1 is 1.33 bits per heavy atom. The predicted molar refractivity (Wildman–Crippen MR) is 102 cm³/mol. The van der Waals surface area contributed by atoms with Crippen LogP contribution in [-0.4, -0.2) is 35.1 Å². The second kappa shape index (κ2) is 7.80. The van der Waals surface area contributed by atoms with Gasteiger partial charge in [0.15, 0.2) is 0 Å². The molecule has 1 aromatic carbocycles. The van der Waals surface area contributed by atoms with Gasteiger partial charge in [-0.3, -0.25) is 4.79 Å². The van der Waals surface area contributed by atoms with Gasteiger partial charge in [-0.05, 0) is 49.2 Å². The molecule has 2 aromatic heterocycles. The highest BCUT2D eigenvalue weighted by molar-refractivity contribution is 5.94. The molecule has 0 radical (unpaired) electrons. The molecule has 3 heterocycles. The highest BCUT2D eigenvalue weighted by atomic mass is 16.5. The normalized spacial score (nSPS) is 16.6. The summed E-state index contributed by atoms with van der Waals surface area (Å²) in [5, 5.41) is 2.97. The number of aryl methyl sites for hydroxylation is 1. The molecule has 0 bridgehead atoms. The van der Waals surface area contributed by atoms with E-state index in [0.29, 0.717) is 30.4 Å². The number of fused-ring (bicyclic) bond motifs is 1. The molecule has 0 aliphatic carbocycles. The number of hydrogen-bond donors (Lipinski definition) is 1. The molecule has 6 nitrogen and oxygen atoms in total. The molecular formula is C21H23N3O3. The van der Waals surface area contributed by atoms with Gasteiger partial charge in [-0.1, -0.05) is 6.07 Å². The van der Waals surface area contributed by atoms with E-state index in [0.717, 1.165) is 36.5 Å². The van der Waals surface area contributed by atoms with Crippen LogP contribution in [0, 0.1) is 12.8 Å². The highest BCUT2D eigenvalue weighted by Crippen LogP contribution is 2.16. The maximum atomic E-state index is 12.2. The van der Waals surface area contributed by atoms with E-state index in [9.17, 15) is 4.79 Å². The largest absolute Gasteiger partial charge is 0.487 e. The van der Waals surface area contributed by atoms with Gasteiger partial charge in [-0.25, -0.2) is 4.98 Å². The van der Waals surface area contributed by atoms with Crippen LogP contribution in [0.25, 0.3) is 5.65 Å². The van der Waals surface area contributed by atoms with E-state index in [1.165, 1.54) is 0 Å². The smallest absolute Gasteiger partial charge is 0.251 e. The molecule has 1 aliphatic heterocycles. The zero-order valence-corrected chi connectivity index (χ0v) is 15.4. The maximum absolute atomic E-state index is 12.2. The van der Waals surface area contributed by atoms with Crippen molar-refractivity contribution in [1.82, 2.24) is 14.7 Å². The first-order valence-corrected chi connectivity index (χ1v) is 9.21. The topological polar surface area (TPSA) is 64.9 Å². The first-order valence-electron chi connectivity index (χ1n) is 9.21. The number of ether oxygens (including phenoxy) is 2. The second-order valence-corrected chi connectivity index (χ2v) is 6.91. The molecule has 0 spiro atoms. The molecule has 1 amide bonds. The van der Waals surface area contributed by atoms with Crippen molar-refractivity contribution in [2.75, 3.05) is 19.8 Å². The zero-order valence-electron chi connectivity index (χ0n) is 15.4. The first-order chi connectivity index (χ1) is 13.2. The van der Waals surface area contributed by atoms with Gasteiger partial charge in [0.1, 0.15) is 18.0 Å². The number of benzene rings is 1. The van der Waals surface area contributed by atoms with Crippen molar-refractivity contribution >= 4 is 11.6 Å². The zero-order chi connectivity index (χ0) is 18.6. The van der Waals surface area contributed by atoms with Gasteiger partial charge in [0.25, 0.3) is 5.91 Å². The summed E-state index contributed by atoms with van der Waals surface area (Å²) in [5.74, 6) is 1.07. The molecule has 1 atom stereocenters. The van der Waals surface area contributed by atoms with Gasteiger partial charge < -0.3 is 19.2 Å². The number of nitrogens with one attached hydrogen (secondary N) is 1. The fraction of sp³-hybridized carbons (Fsp3) is 0.333. The van der Waals surface area contributed by atoms with Crippen molar-refractivity contribution < 1.29 is 14.3 Å². The van der Waals surface area contributed by atoms with Crippen molar-refractivity contribution in [3.05, 3.63) is 65.6 Å². The summed E-state index contributed by atoms with van der Waals surface area (Å²) in [6, 6.07) is 11.2. The molecule has 1 unspecified atom stereocenters. The quantitative estimate of drug-likeness (QED) is 0.729. The third kappa shape index (κ3) is 4.11. The van der Waals surface area contributed by atoms with E-state index >= 15 is 0 Å². The lowest BCUT2D eigenvalue weighted by atomic mass is 10.1. The Morgan fingerprint density at radius 2 is 2.19 bits per heavy atom. The fourth-order valence-corrected chi connectivity index (χ4v) is 3.22. The molecule has 140 valence electrons. The molecule has 4 rings (SSSR count). The third-order valence-electron chi connectivity index (χ3n) is 4.81. The van der Waals surface area contributed by atoms with E-state index in [4.69, 9.17) is 9.47 Å². The molecule has 3 aromatic rings. The van der Waals surface area contributed by atoms with Crippen LogP contribution in [0.3, 0.4) is 0 Å². The number of amides is 1. The molecule has 1 N–H and O–H groups in total. The van der Waals surface area contributed by atoms with E-state index in [-0.39, 0.29) is 5.91 Å². The van der Waals surface area contributed by atoms with Gasteiger partial charge in [0, 0.05) is 37.0 Å². The summed E-state index contributed by atoms with van der Waals surface area (Å²) >= 11 is 0. The molecule has 1 fully saturated rings. The van der Waals surface area contributed by atoms with Crippen LogP contribution in [0.15, 0.2) is 48.8 Å². The Kier molecular flexibility index (Phi) is 5.07. The number of nitrogens with zero attached hydrogens (tertiary/aromatic N) is 2. The van der Waals surface area contributed by atoms with Crippen LogP contribution in [0.5, 0.6) is 5.75 Å². The lowest BCUT2D eigenvalue weighted by Crippen LogP contribution is -2.29. The summed E-state index contributed by atoms with van der Waals surface area (Å²) in [6.45, 7) is 4.60. The third-order valence-corrected chi connectivity index (χ3v) is 4.81. The van der Waals surface area contributed by atoms with E-state index < -0.39 is 0 Å². The van der Waals surface area contributed by atoms with Crippen LogP contribution in [0.1, 0.15) is 28.0 Å². The van der Waals surface area contributed by atoms with Gasteiger partial charge in [-0.2, -0.15) is 0 Å². The Hall–Kier alpha value is -2.86. The molecule has 6 heteroatoms. The van der Waals surface area contributed by atoms with Gasteiger partial charge in [-0.15, -0.1) is 0 Å². The SMILES string of the molecule is Cc1cccn2cc(COc3ccc(C(=O)NCC4CCOC4)cc3)nc12. The molecule has 1 aliphatic rings. The first kappa shape index (κ1) is 17.5. The van der Waals surface area contributed by atoms with E-state index in [2.05, 4.69) is 10.3 Å². The molecule has 27 heavy (non-hydrogen) atoms. The number of carbonyl (C=O) groups excluding carboxylic acids is 1. The van der Waals surface area contributed by atoms with E-state index in [1.54, 1.807) is 12.1 Å². The van der Waals surface area contributed by atoms with Gasteiger partial charge in [0.2, 0.25) is 0 Å². The summed E-state index contributed by atoms with van der Waals surface area (Å²) in [6.07, 6.45) is 4.95. The van der Waals surface area contributed by atoms with Crippen molar-refractivity contribution in [2.24, 2.45) is 5.92 Å². The Labute approximate surface area is 158 Å². The monoisotopic (exact) mass is 365 g/mol. The van der Waals surface area contributed by atoms with Crippen molar-refractivity contribution in [2.45, 2.75) is 20.0 Å². The van der Waals surface area contributed by atoms with Crippen LogP contribution >= 0.6 is 0 Å². The Morgan fingerprint density at radius 3 is 2.93 bits per heavy atom. The minimum Gasteiger partial charge on any atom is -0.487 e. The summed E-state index contributed by atoms with van der Waals surface area (Å²) in [4.78, 5) is 16.8. The maximum Gasteiger partial charge on any atom is 0.251 e. The second-order valence-electron chi connectivity index (χ2n) is 6.91. The Balaban J connectivity index is 1.33. The number of carbonyl (C=O) groups is 1. The summed E-state index contributed by atoms with van der Waals surface area (Å²) < 4.78 is 13.1. The fourth-order valence-electron chi connectivity index (χ4n) is 3.22. The lowest BCUT2D eigenvalue weighted by molar-refractivity contribution is 0.0945. The number of rotatable bonds is 6. The van der Waals surface area contributed by atoms with E-state index in [1.807, 2.05) is 48.0 Å². The minimum absolute atomic E-state index is 0.0655. The summed E-state index contributed by atoms with van der Waals surface area (Å²) in [5.41, 5.74) is 3.56. The van der Waals surface area contributed by atoms with Crippen molar-refractivity contribution in [3.63, 3.8) is 0 Å². The van der Waals surface area contributed by atoms with Crippen LogP contribution in [-0.2, 0) is 11.3 Å². The number of hydrogen-bond acceptors (Lipinski definition) is 4.